The number of ether oxygens (including phenoxy) is 1. The summed E-state index contributed by atoms with van der Waals surface area (Å²) < 4.78 is 5.16. The van der Waals surface area contributed by atoms with E-state index in [1.165, 1.54) is 0 Å². The molecule has 17 heavy (non-hydrogen) atoms. The maximum absolute atomic E-state index is 11.2. The van der Waals surface area contributed by atoms with Crippen LogP contribution in [0.4, 0.5) is 0 Å². The first-order chi connectivity index (χ1) is 8.26. The lowest BCUT2D eigenvalue weighted by Gasteiger charge is -2.09. The number of methoxy groups -OCH3 is 1. The van der Waals surface area contributed by atoms with E-state index < -0.39 is 0 Å². The second-order valence-electron chi connectivity index (χ2n) is 3.55. The van der Waals surface area contributed by atoms with E-state index >= 15 is 0 Å². The molecule has 0 saturated carbocycles. The first kappa shape index (κ1) is 11.7. The average Bonchev–Trinajstić information content (AvgIpc) is 2.37. The highest BCUT2D eigenvalue weighted by atomic mass is 35.5. The highest BCUT2D eigenvalue weighted by Crippen LogP contribution is 2.30. The summed E-state index contributed by atoms with van der Waals surface area (Å²) in [6.07, 6.45) is 0.801. The summed E-state index contributed by atoms with van der Waals surface area (Å²) in [6.45, 7) is 0. The number of aldehydes is 1. The monoisotopic (exact) mass is 246 g/mol. The van der Waals surface area contributed by atoms with E-state index in [1.807, 2.05) is 30.3 Å². The quantitative estimate of drug-likeness (QED) is 0.770. The molecule has 0 aromatic heterocycles. The van der Waals surface area contributed by atoms with Crippen molar-refractivity contribution < 1.29 is 9.53 Å². The molecule has 3 heteroatoms. The van der Waals surface area contributed by atoms with Gasteiger partial charge in [-0.2, -0.15) is 0 Å². The molecule has 86 valence electrons. The van der Waals surface area contributed by atoms with Crippen LogP contribution in [0.1, 0.15) is 10.4 Å². The van der Waals surface area contributed by atoms with E-state index in [1.54, 1.807) is 19.2 Å². The third kappa shape index (κ3) is 2.32. The maximum atomic E-state index is 11.2. The van der Waals surface area contributed by atoms with Crippen molar-refractivity contribution in [1.82, 2.24) is 0 Å². The molecule has 2 aromatic rings. The van der Waals surface area contributed by atoms with Gasteiger partial charge in [0.05, 0.1) is 12.7 Å². The molecule has 0 aliphatic heterocycles. The van der Waals surface area contributed by atoms with E-state index in [4.69, 9.17) is 16.3 Å². The van der Waals surface area contributed by atoms with Crippen LogP contribution in [0, 0.1) is 0 Å². The topological polar surface area (TPSA) is 26.3 Å². The molecule has 0 saturated heterocycles. The van der Waals surface area contributed by atoms with E-state index in [0.717, 1.165) is 17.4 Å². The first-order valence-electron chi connectivity index (χ1n) is 5.14. The standard InChI is InChI=1S/C14H11ClO2/c1-17-14-7-3-6-12(13(14)9-16)10-4-2-5-11(15)8-10/h2-9H,1H3. The van der Waals surface area contributed by atoms with Gasteiger partial charge >= 0.3 is 0 Å². The van der Waals surface area contributed by atoms with Gasteiger partial charge in [-0.25, -0.2) is 0 Å². The Hall–Kier alpha value is -1.80. The minimum absolute atomic E-state index is 0.539. The smallest absolute Gasteiger partial charge is 0.154 e. The van der Waals surface area contributed by atoms with Crippen LogP contribution >= 0.6 is 11.6 Å². The highest BCUT2D eigenvalue weighted by molar-refractivity contribution is 6.30. The summed E-state index contributed by atoms with van der Waals surface area (Å²) in [5, 5.41) is 0.641. The fourth-order valence-corrected chi connectivity index (χ4v) is 1.94. The first-order valence-corrected chi connectivity index (χ1v) is 5.52. The van der Waals surface area contributed by atoms with Crippen LogP contribution < -0.4 is 4.74 Å². The van der Waals surface area contributed by atoms with Gasteiger partial charge in [0, 0.05) is 5.02 Å². The van der Waals surface area contributed by atoms with Crippen LogP contribution in [0.15, 0.2) is 42.5 Å². The van der Waals surface area contributed by atoms with Gasteiger partial charge < -0.3 is 4.74 Å². The molecule has 0 radical (unpaired) electrons. The largest absolute Gasteiger partial charge is 0.496 e. The third-order valence-corrected chi connectivity index (χ3v) is 2.77. The lowest BCUT2D eigenvalue weighted by atomic mass is 10.00. The normalized spacial score (nSPS) is 10.0. The van der Waals surface area contributed by atoms with Crippen LogP contribution in [0.2, 0.25) is 5.02 Å². The zero-order chi connectivity index (χ0) is 12.3. The Morgan fingerprint density at radius 1 is 1.18 bits per heavy atom. The second kappa shape index (κ2) is 5.02. The molecule has 2 rings (SSSR count). The Morgan fingerprint density at radius 3 is 2.59 bits per heavy atom. The number of halogens is 1. The molecule has 0 atom stereocenters. The van der Waals surface area contributed by atoms with Crippen molar-refractivity contribution in [3.05, 3.63) is 53.1 Å². The number of carbonyl (C=O) groups is 1. The molecule has 2 nitrogen and oxygen atoms in total. The molecule has 0 aliphatic rings. The lowest BCUT2D eigenvalue weighted by molar-refractivity contribution is 0.112. The Bertz CT molecular complexity index is 550. The molecule has 0 heterocycles. The average molecular weight is 247 g/mol. The van der Waals surface area contributed by atoms with Crippen LogP contribution in [0.5, 0.6) is 5.75 Å². The van der Waals surface area contributed by atoms with E-state index in [0.29, 0.717) is 16.3 Å². The van der Waals surface area contributed by atoms with Crippen molar-refractivity contribution in [3.8, 4) is 16.9 Å². The summed E-state index contributed by atoms with van der Waals surface area (Å²) in [4.78, 5) is 11.2. The van der Waals surface area contributed by atoms with Gasteiger partial charge in [-0.15, -0.1) is 0 Å². The van der Waals surface area contributed by atoms with Crippen LogP contribution in [0.3, 0.4) is 0 Å². The van der Waals surface area contributed by atoms with Crippen molar-refractivity contribution in [1.29, 1.82) is 0 Å². The van der Waals surface area contributed by atoms with Gasteiger partial charge in [-0.1, -0.05) is 35.9 Å². The third-order valence-electron chi connectivity index (χ3n) is 2.54. The molecule has 0 fully saturated rings. The molecule has 0 bridgehead atoms. The summed E-state index contributed by atoms with van der Waals surface area (Å²) in [5.41, 5.74) is 2.26. The number of rotatable bonds is 3. The molecular weight excluding hydrogens is 236 g/mol. The Kier molecular flexibility index (Phi) is 3.45. The number of hydrogen-bond acceptors (Lipinski definition) is 2. The van der Waals surface area contributed by atoms with Crippen molar-refractivity contribution in [3.63, 3.8) is 0 Å². The number of hydrogen-bond donors (Lipinski definition) is 0. The predicted octanol–water partition coefficient (Wildman–Crippen LogP) is 3.83. The SMILES string of the molecule is COc1cccc(-c2cccc(Cl)c2)c1C=O. The minimum atomic E-state index is 0.539. The van der Waals surface area contributed by atoms with Crippen molar-refractivity contribution >= 4 is 17.9 Å². The minimum Gasteiger partial charge on any atom is -0.496 e. The summed E-state index contributed by atoms with van der Waals surface area (Å²) in [7, 11) is 1.55. The predicted molar refractivity (Wildman–Crippen MR) is 68.8 cm³/mol. The van der Waals surface area contributed by atoms with Crippen molar-refractivity contribution in [2.75, 3.05) is 7.11 Å². The zero-order valence-electron chi connectivity index (χ0n) is 9.31. The van der Waals surface area contributed by atoms with Crippen LogP contribution in [-0.4, -0.2) is 13.4 Å². The zero-order valence-corrected chi connectivity index (χ0v) is 10.1. The van der Waals surface area contributed by atoms with Gasteiger partial charge in [0.25, 0.3) is 0 Å². The number of benzene rings is 2. The molecular formula is C14H11ClO2. The molecule has 0 spiro atoms. The van der Waals surface area contributed by atoms with Gasteiger partial charge in [0.1, 0.15) is 5.75 Å². The van der Waals surface area contributed by atoms with Crippen LogP contribution in [0.25, 0.3) is 11.1 Å². The highest BCUT2D eigenvalue weighted by Gasteiger charge is 2.09. The molecule has 2 aromatic carbocycles. The summed E-state index contributed by atoms with van der Waals surface area (Å²) in [5.74, 6) is 0.567. The van der Waals surface area contributed by atoms with Gasteiger partial charge in [-0.3, -0.25) is 4.79 Å². The van der Waals surface area contributed by atoms with Crippen molar-refractivity contribution in [2.24, 2.45) is 0 Å². The van der Waals surface area contributed by atoms with Gasteiger partial charge in [-0.05, 0) is 29.3 Å². The molecule has 0 aliphatic carbocycles. The van der Waals surface area contributed by atoms with Gasteiger partial charge in [0.2, 0.25) is 0 Å². The lowest BCUT2D eigenvalue weighted by Crippen LogP contribution is -1.93. The van der Waals surface area contributed by atoms with Gasteiger partial charge in [0.15, 0.2) is 6.29 Å². The van der Waals surface area contributed by atoms with Crippen LogP contribution in [-0.2, 0) is 0 Å². The fourth-order valence-electron chi connectivity index (χ4n) is 1.75. The van der Waals surface area contributed by atoms with E-state index in [-0.39, 0.29) is 0 Å². The van der Waals surface area contributed by atoms with E-state index in [2.05, 4.69) is 0 Å². The number of carbonyl (C=O) groups excluding carboxylic acids is 1. The second-order valence-corrected chi connectivity index (χ2v) is 3.99. The Labute approximate surface area is 105 Å². The maximum Gasteiger partial charge on any atom is 0.154 e. The van der Waals surface area contributed by atoms with E-state index in [9.17, 15) is 4.79 Å². The Morgan fingerprint density at radius 2 is 1.94 bits per heavy atom. The summed E-state index contributed by atoms with van der Waals surface area (Å²) >= 11 is 5.94. The molecule has 0 N–H and O–H groups in total. The molecule has 0 amide bonds. The fraction of sp³-hybridized carbons (Fsp3) is 0.0714. The van der Waals surface area contributed by atoms with Crippen molar-refractivity contribution in [2.45, 2.75) is 0 Å². The molecule has 0 unspecified atom stereocenters. The summed E-state index contributed by atoms with van der Waals surface area (Å²) in [6, 6.07) is 12.9. The Balaban J connectivity index is 2.63.